The molecule has 0 saturated heterocycles. The lowest BCUT2D eigenvalue weighted by atomic mass is 10.1. The molecule has 0 unspecified atom stereocenters. The van der Waals surface area contributed by atoms with Crippen LogP contribution in [0.15, 0.2) is 35.5 Å². The van der Waals surface area contributed by atoms with Crippen LogP contribution in [-0.2, 0) is 0 Å². The minimum Gasteiger partial charge on any atom is -0.368 e. The van der Waals surface area contributed by atoms with Crippen molar-refractivity contribution in [3.8, 4) is 11.3 Å². The Bertz CT molecular complexity index is 572. The van der Waals surface area contributed by atoms with E-state index < -0.39 is 0 Å². The van der Waals surface area contributed by atoms with E-state index in [9.17, 15) is 4.39 Å². The molecule has 1 aromatic heterocycles. The van der Waals surface area contributed by atoms with Crippen molar-refractivity contribution in [3.63, 3.8) is 0 Å². The van der Waals surface area contributed by atoms with Crippen LogP contribution in [0.25, 0.3) is 11.3 Å². The Hall–Kier alpha value is -1.62. The average molecular weight is 277 g/mol. The normalized spacial score (nSPS) is 10.8. The van der Waals surface area contributed by atoms with E-state index in [-0.39, 0.29) is 11.9 Å². The molecule has 0 bridgehead atoms. The third-order valence-corrected chi connectivity index (χ3v) is 3.02. The van der Waals surface area contributed by atoms with Crippen LogP contribution in [0.4, 0.5) is 10.2 Å². The molecule has 0 atom stereocenters. The van der Waals surface area contributed by atoms with Crippen molar-refractivity contribution < 1.29 is 4.39 Å². The number of hydrogen-bond donors (Lipinski definition) is 1. The van der Waals surface area contributed by atoms with Gasteiger partial charge in [0, 0.05) is 17.7 Å². The van der Waals surface area contributed by atoms with Gasteiger partial charge in [-0.1, -0.05) is 23.9 Å². The molecule has 2 rings (SSSR count). The van der Waals surface area contributed by atoms with Gasteiger partial charge < -0.3 is 5.32 Å². The molecule has 1 N–H and O–H groups in total. The Labute approximate surface area is 116 Å². The fraction of sp³-hybridized carbons (Fsp3) is 0.286. The van der Waals surface area contributed by atoms with Gasteiger partial charge in [0.15, 0.2) is 5.16 Å². The maximum Gasteiger partial charge on any atom is 0.189 e. The molecular formula is C14H16FN3S. The van der Waals surface area contributed by atoms with Crippen molar-refractivity contribution in [2.45, 2.75) is 25.0 Å². The van der Waals surface area contributed by atoms with Gasteiger partial charge in [0.25, 0.3) is 0 Å². The highest BCUT2D eigenvalue weighted by atomic mass is 32.2. The number of aromatic nitrogens is 2. The van der Waals surface area contributed by atoms with Crippen LogP contribution >= 0.6 is 11.8 Å². The molecule has 0 aliphatic carbocycles. The predicted molar refractivity (Wildman–Crippen MR) is 78.0 cm³/mol. The molecule has 3 nitrogen and oxygen atoms in total. The summed E-state index contributed by atoms with van der Waals surface area (Å²) in [5.41, 5.74) is 1.09. The standard InChI is InChI=1S/C14H16FN3S/c1-9(2)16-13-8-12(17-14(18-13)19-3)10-6-4-5-7-11(10)15/h4-9H,1-3H3,(H,16,17,18). The van der Waals surface area contributed by atoms with Crippen LogP contribution in [0.3, 0.4) is 0 Å². The van der Waals surface area contributed by atoms with Gasteiger partial charge in [-0.05, 0) is 32.2 Å². The summed E-state index contributed by atoms with van der Waals surface area (Å²) in [6, 6.07) is 8.67. The first-order chi connectivity index (χ1) is 9.10. The number of benzene rings is 1. The summed E-state index contributed by atoms with van der Waals surface area (Å²) in [4.78, 5) is 8.73. The van der Waals surface area contributed by atoms with Crippen LogP contribution in [0.2, 0.25) is 0 Å². The molecule has 19 heavy (non-hydrogen) atoms. The molecular weight excluding hydrogens is 261 g/mol. The highest BCUT2D eigenvalue weighted by Gasteiger charge is 2.10. The largest absolute Gasteiger partial charge is 0.368 e. The Kier molecular flexibility index (Phi) is 4.37. The Balaban J connectivity index is 2.48. The molecule has 0 saturated carbocycles. The lowest BCUT2D eigenvalue weighted by Gasteiger charge is -2.11. The van der Waals surface area contributed by atoms with Crippen LogP contribution in [-0.4, -0.2) is 22.3 Å². The number of thioether (sulfide) groups is 1. The molecule has 2 aromatic rings. The molecule has 0 aliphatic rings. The number of rotatable bonds is 4. The van der Waals surface area contributed by atoms with Gasteiger partial charge in [-0.15, -0.1) is 0 Å². The minimum absolute atomic E-state index is 0.262. The predicted octanol–water partition coefficient (Wildman–Crippen LogP) is 3.82. The van der Waals surface area contributed by atoms with Gasteiger partial charge in [0.1, 0.15) is 11.6 Å². The van der Waals surface area contributed by atoms with Gasteiger partial charge in [-0.25, -0.2) is 14.4 Å². The highest BCUT2D eigenvalue weighted by molar-refractivity contribution is 7.98. The summed E-state index contributed by atoms with van der Waals surface area (Å²) in [7, 11) is 0. The van der Waals surface area contributed by atoms with Crippen molar-refractivity contribution in [1.29, 1.82) is 0 Å². The summed E-state index contributed by atoms with van der Waals surface area (Å²) >= 11 is 1.44. The van der Waals surface area contributed by atoms with Crippen molar-refractivity contribution in [3.05, 3.63) is 36.1 Å². The zero-order valence-corrected chi connectivity index (χ0v) is 12.0. The van der Waals surface area contributed by atoms with E-state index in [0.717, 1.165) is 0 Å². The zero-order valence-electron chi connectivity index (χ0n) is 11.1. The number of anilines is 1. The Morgan fingerprint density at radius 1 is 1.21 bits per heavy atom. The molecule has 0 fully saturated rings. The molecule has 1 heterocycles. The maximum atomic E-state index is 13.8. The van der Waals surface area contributed by atoms with Crippen molar-refractivity contribution >= 4 is 17.6 Å². The fourth-order valence-corrected chi connectivity index (χ4v) is 2.07. The maximum absolute atomic E-state index is 13.8. The molecule has 1 aromatic carbocycles. The highest BCUT2D eigenvalue weighted by Crippen LogP contribution is 2.25. The van der Waals surface area contributed by atoms with Crippen LogP contribution in [0.1, 0.15) is 13.8 Å². The summed E-state index contributed by atoms with van der Waals surface area (Å²) < 4.78 is 13.8. The lowest BCUT2D eigenvalue weighted by molar-refractivity contribution is 0.630. The number of hydrogen-bond acceptors (Lipinski definition) is 4. The third-order valence-electron chi connectivity index (χ3n) is 2.47. The first-order valence-electron chi connectivity index (χ1n) is 6.04. The third kappa shape index (κ3) is 3.44. The smallest absolute Gasteiger partial charge is 0.189 e. The van der Waals surface area contributed by atoms with Gasteiger partial charge >= 0.3 is 0 Å². The number of halogens is 1. The SMILES string of the molecule is CSc1nc(NC(C)C)cc(-c2ccccc2F)n1. The van der Waals surface area contributed by atoms with E-state index in [4.69, 9.17) is 0 Å². The van der Waals surface area contributed by atoms with Crippen molar-refractivity contribution in [1.82, 2.24) is 9.97 Å². The minimum atomic E-state index is -0.274. The summed E-state index contributed by atoms with van der Waals surface area (Å²) in [5, 5.41) is 3.85. The van der Waals surface area contributed by atoms with E-state index in [2.05, 4.69) is 15.3 Å². The number of nitrogens with one attached hydrogen (secondary N) is 1. The van der Waals surface area contributed by atoms with Gasteiger partial charge in [-0.2, -0.15) is 0 Å². The molecule has 0 spiro atoms. The van der Waals surface area contributed by atoms with Gasteiger partial charge in [-0.3, -0.25) is 0 Å². The Morgan fingerprint density at radius 3 is 2.58 bits per heavy atom. The van der Waals surface area contributed by atoms with Gasteiger partial charge in [0.05, 0.1) is 5.69 Å². The fourth-order valence-electron chi connectivity index (χ4n) is 1.69. The van der Waals surface area contributed by atoms with Gasteiger partial charge in [0.2, 0.25) is 0 Å². The summed E-state index contributed by atoms with van der Waals surface area (Å²) in [5.74, 6) is 0.441. The molecule has 0 radical (unpaired) electrons. The van der Waals surface area contributed by atoms with Crippen molar-refractivity contribution in [2.75, 3.05) is 11.6 Å². The Morgan fingerprint density at radius 2 is 1.95 bits per heavy atom. The van der Waals surface area contributed by atoms with E-state index >= 15 is 0 Å². The molecule has 5 heteroatoms. The van der Waals surface area contributed by atoms with Crippen molar-refractivity contribution in [2.24, 2.45) is 0 Å². The lowest BCUT2D eigenvalue weighted by Crippen LogP contribution is -2.11. The second-order valence-corrected chi connectivity index (χ2v) is 5.18. The number of nitrogens with zero attached hydrogens (tertiary/aromatic N) is 2. The summed E-state index contributed by atoms with van der Waals surface area (Å²) in [6.45, 7) is 4.06. The van der Waals surface area contributed by atoms with Crippen LogP contribution in [0.5, 0.6) is 0 Å². The van der Waals surface area contributed by atoms with Crippen LogP contribution in [0, 0.1) is 5.82 Å². The second-order valence-electron chi connectivity index (χ2n) is 4.40. The molecule has 0 amide bonds. The van der Waals surface area contributed by atoms with E-state index in [1.807, 2.05) is 20.1 Å². The molecule has 100 valence electrons. The first-order valence-corrected chi connectivity index (χ1v) is 7.27. The topological polar surface area (TPSA) is 37.8 Å². The monoisotopic (exact) mass is 277 g/mol. The van der Waals surface area contributed by atoms with Crippen LogP contribution < -0.4 is 5.32 Å². The molecule has 0 aliphatic heterocycles. The zero-order chi connectivity index (χ0) is 13.8. The summed E-state index contributed by atoms with van der Waals surface area (Å²) in [6.07, 6.45) is 1.90. The average Bonchev–Trinajstić information content (AvgIpc) is 2.38. The van der Waals surface area contributed by atoms with E-state index in [1.165, 1.54) is 17.8 Å². The first kappa shape index (κ1) is 13.8. The van der Waals surface area contributed by atoms with E-state index in [0.29, 0.717) is 22.2 Å². The second kappa shape index (κ2) is 6.02. The quantitative estimate of drug-likeness (QED) is 0.681. The van der Waals surface area contributed by atoms with E-state index in [1.54, 1.807) is 24.3 Å².